The summed E-state index contributed by atoms with van der Waals surface area (Å²) in [4.78, 5) is 0. The first-order valence-electron chi connectivity index (χ1n) is 6.77. The van der Waals surface area contributed by atoms with Gasteiger partial charge in [0, 0.05) is 0 Å². The van der Waals surface area contributed by atoms with E-state index in [-0.39, 0.29) is 0 Å². The van der Waals surface area contributed by atoms with Gasteiger partial charge in [-0.15, -0.1) is 15.8 Å². The largest absolute Gasteiger partial charge is 0.100 e. The Labute approximate surface area is 97.1 Å². The summed E-state index contributed by atoms with van der Waals surface area (Å²) in [5.41, 5.74) is 4.65. The lowest BCUT2D eigenvalue weighted by Gasteiger charge is -2.22. The van der Waals surface area contributed by atoms with E-state index in [1.165, 1.54) is 11.3 Å². The first kappa shape index (κ1) is 11.0. The van der Waals surface area contributed by atoms with Crippen LogP contribution in [0.2, 0.25) is 0 Å². The summed E-state index contributed by atoms with van der Waals surface area (Å²) in [6.45, 7) is 5.09. The van der Waals surface area contributed by atoms with E-state index < -0.39 is 0 Å². The monoisotopic (exact) mass is 242 g/mol. The zero-order valence-electron chi connectivity index (χ0n) is 10.2. The maximum atomic E-state index is 2.55. The van der Waals surface area contributed by atoms with Crippen LogP contribution < -0.4 is 0 Å². The van der Waals surface area contributed by atoms with Crippen LogP contribution in [0.3, 0.4) is 0 Å². The van der Waals surface area contributed by atoms with Crippen molar-refractivity contribution in [3.05, 3.63) is 0 Å². The van der Waals surface area contributed by atoms with Crippen LogP contribution >= 0.6 is 15.8 Å². The Balaban J connectivity index is 1.75. The van der Waals surface area contributed by atoms with E-state index in [0.717, 1.165) is 11.3 Å². The summed E-state index contributed by atoms with van der Waals surface area (Å²) in [6.07, 6.45) is 11.3. The first-order valence-corrected chi connectivity index (χ1v) is 10.1. The summed E-state index contributed by atoms with van der Waals surface area (Å²) >= 11 is 0. The Morgan fingerprint density at radius 1 is 0.733 bits per heavy atom. The Morgan fingerprint density at radius 2 is 1.20 bits per heavy atom. The van der Waals surface area contributed by atoms with Crippen LogP contribution in [0, 0.1) is 0 Å². The SMILES string of the molecule is CC1CC[C@H]2C[C@@H]3CC[C@@H](C)P3CCP12. The van der Waals surface area contributed by atoms with E-state index in [0.29, 0.717) is 15.8 Å². The molecule has 3 heterocycles. The van der Waals surface area contributed by atoms with Crippen molar-refractivity contribution >= 4 is 15.8 Å². The third-order valence-corrected chi connectivity index (χ3v) is 12.5. The quantitative estimate of drug-likeness (QED) is 0.550. The van der Waals surface area contributed by atoms with E-state index in [1.54, 1.807) is 44.4 Å². The van der Waals surface area contributed by atoms with Crippen molar-refractivity contribution in [2.45, 2.75) is 68.6 Å². The third kappa shape index (κ3) is 1.91. The lowest BCUT2D eigenvalue weighted by molar-refractivity contribution is 0.643. The fourth-order valence-corrected chi connectivity index (χ4v) is 12.1. The number of rotatable bonds is 0. The lowest BCUT2D eigenvalue weighted by Crippen LogP contribution is -2.08. The third-order valence-electron chi connectivity index (χ3n) is 5.07. The molecule has 0 saturated carbocycles. The molecule has 0 aliphatic carbocycles. The highest BCUT2D eigenvalue weighted by atomic mass is 31.1. The summed E-state index contributed by atoms with van der Waals surface area (Å²) in [6, 6.07) is 0. The van der Waals surface area contributed by atoms with Crippen LogP contribution in [0.5, 0.6) is 0 Å². The summed E-state index contributed by atoms with van der Waals surface area (Å²) in [5, 5.41) is 0. The van der Waals surface area contributed by atoms with Crippen molar-refractivity contribution < 1.29 is 0 Å². The van der Waals surface area contributed by atoms with Crippen molar-refractivity contribution in [1.29, 1.82) is 0 Å². The van der Waals surface area contributed by atoms with Gasteiger partial charge in [0.2, 0.25) is 0 Å². The molecule has 0 aromatic rings. The minimum absolute atomic E-state index is 0.465. The van der Waals surface area contributed by atoms with Gasteiger partial charge in [0.05, 0.1) is 0 Å². The molecule has 3 unspecified atom stereocenters. The standard InChI is InChI=1S/C13H24P2/c1-10-3-5-12-9-13-6-4-11(2)15(13)8-7-14(10)12/h10-13H,3-9H2,1-2H3/t10-,11?,12+,13+,14?,15?/m1/s1. The van der Waals surface area contributed by atoms with Gasteiger partial charge in [-0.1, -0.05) is 13.8 Å². The van der Waals surface area contributed by atoms with Crippen molar-refractivity contribution in [3.63, 3.8) is 0 Å². The molecule has 86 valence electrons. The number of hydrogen-bond donors (Lipinski definition) is 0. The fraction of sp³-hybridized carbons (Fsp3) is 1.00. The number of hydrogen-bond acceptors (Lipinski definition) is 0. The maximum absolute atomic E-state index is 2.55. The zero-order valence-corrected chi connectivity index (χ0v) is 11.9. The maximum Gasteiger partial charge on any atom is -0.0200 e. The van der Waals surface area contributed by atoms with Crippen LogP contribution in [-0.4, -0.2) is 35.0 Å². The molecule has 0 nitrogen and oxygen atoms in total. The van der Waals surface area contributed by atoms with Gasteiger partial charge >= 0.3 is 0 Å². The normalized spacial score (nSPS) is 54.8. The predicted octanol–water partition coefficient (Wildman–Crippen LogP) is 4.46. The molecule has 0 bridgehead atoms. The lowest BCUT2D eigenvalue weighted by atomic mass is 10.1. The van der Waals surface area contributed by atoms with Crippen molar-refractivity contribution in [1.82, 2.24) is 0 Å². The minimum atomic E-state index is 0.465. The highest BCUT2D eigenvalue weighted by Gasteiger charge is 2.42. The molecule has 3 aliphatic heterocycles. The van der Waals surface area contributed by atoms with Gasteiger partial charge in [-0.3, -0.25) is 0 Å². The molecule has 0 radical (unpaired) electrons. The second kappa shape index (κ2) is 4.27. The molecule has 0 aromatic heterocycles. The molecule has 0 spiro atoms. The van der Waals surface area contributed by atoms with Crippen LogP contribution in [0.25, 0.3) is 0 Å². The molecule has 0 N–H and O–H groups in total. The molecular weight excluding hydrogens is 218 g/mol. The van der Waals surface area contributed by atoms with Crippen LogP contribution in [-0.2, 0) is 0 Å². The predicted molar refractivity (Wildman–Crippen MR) is 73.2 cm³/mol. The van der Waals surface area contributed by atoms with Gasteiger partial charge in [0.25, 0.3) is 0 Å². The van der Waals surface area contributed by atoms with Gasteiger partial charge in [-0.25, -0.2) is 0 Å². The summed E-state index contributed by atoms with van der Waals surface area (Å²) in [5.74, 6) is 0. The smallest absolute Gasteiger partial charge is 0.0200 e. The van der Waals surface area contributed by atoms with E-state index in [4.69, 9.17) is 0 Å². The van der Waals surface area contributed by atoms with Gasteiger partial charge in [0.1, 0.15) is 0 Å². The van der Waals surface area contributed by atoms with E-state index in [1.807, 2.05) is 0 Å². The Morgan fingerprint density at radius 3 is 1.67 bits per heavy atom. The molecule has 15 heavy (non-hydrogen) atoms. The minimum Gasteiger partial charge on any atom is -0.100 e. The molecule has 3 aliphatic rings. The van der Waals surface area contributed by atoms with Crippen LogP contribution in [0.1, 0.15) is 46.0 Å². The van der Waals surface area contributed by atoms with Gasteiger partial charge in [0.15, 0.2) is 0 Å². The van der Waals surface area contributed by atoms with Crippen LogP contribution in [0.4, 0.5) is 0 Å². The van der Waals surface area contributed by atoms with Gasteiger partial charge < -0.3 is 0 Å². The Bertz CT molecular complexity index is 217. The zero-order chi connectivity index (χ0) is 10.4. The summed E-state index contributed by atoms with van der Waals surface area (Å²) in [7, 11) is 0.929. The Kier molecular flexibility index (Phi) is 3.12. The fourth-order valence-electron chi connectivity index (χ4n) is 4.11. The molecule has 3 saturated heterocycles. The Hall–Kier alpha value is 0.860. The highest BCUT2D eigenvalue weighted by molar-refractivity contribution is 7.64. The van der Waals surface area contributed by atoms with E-state index in [9.17, 15) is 0 Å². The molecule has 6 atom stereocenters. The molecule has 0 aromatic carbocycles. The molecule has 3 rings (SSSR count). The van der Waals surface area contributed by atoms with Crippen molar-refractivity contribution in [2.24, 2.45) is 0 Å². The first-order chi connectivity index (χ1) is 7.25. The second-order valence-corrected chi connectivity index (χ2v) is 12.0. The van der Waals surface area contributed by atoms with E-state index >= 15 is 0 Å². The van der Waals surface area contributed by atoms with E-state index in [2.05, 4.69) is 13.8 Å². The van der Waals surface area contributed by atoms with Crippen molar-refractivity contribution in [2.75, 3.05) is 12.3 Å². The molecule has 0 amide bonds. The highest BCUT2D eigenvalue weighted by Crippen LogP contribution is 2.67. The molecule has 2 heteroatoms. The topological polar surface area (TPSA) is 0 Å². The van der Waals surface area contributed by atoms with Crippen molar-refractivity contribution in [3.8, 4) is 0 Å². The van der Waals surface area contributed by atoms with Gasteiger partial charge in [-0.2, -0.15) is 0 Å². The molecule has 3 fully saturated rings. The number of fused-ring (bicyclic) bond motifs is 2. The second-order valence-electron chi connectivity index (χ2n) is 5.87. The average Bonchev–Trinajstić information content (AvgIpc) is 2.67. The molecular formula is C13H24P2. The summed E-state index contributed by atoms with van der Waals surface area (Å²) < 4.78 is 0. The van der Waals surface area contributed by atoms with Gasteiger partial charge in [-0.05, 0) is 67.1 Å². The average molecular weight is 242 g/mol. The van der Waals surface area contributed by atoms with Crippen LogP contribution in [0.15, 0.2) is 0 Å².